The van der Waals surface area contributed by atoms with Gasteiger partial charge in [0, 0.05) is 22.3 Å². The molecule has 0 aliphatic carbocycles. The van der Waals surface area contributed by atoms with Gasteiger partial charge < -0.3 is 5.32 Å². The quantitative estimate of drug-likeness (QED) is 0.906. The number of hydrogen-bond donors (Lipinski definition) is 2. The minimum atomic E-state index is -0.293. The maximum absolute atomic E-state index is 12.1. The average molecular weight is 301 g/mol. The highest BCUT2D eigenvalue weighted by molar-refractivity contribution is 6.31. The Hall–Kier alpha value is -1.84. The van der Waals surface area contributed by atoms with Crippen LogP contribution in [0.2, 0.25) is 5.02 Å². The lowest BCUT2D eigenvalue weighted by Crippen LogP contribution is -2.35. The Morgan fingerprint density at radius 3 is 2.71 bits per heavy atom. The van der Waals surface area contributed by atoms with Gasteiger partial charge in [0.2, 0.25) is 5.91 Å². The summed E-state index contributed by atoms with van der Waals surface area (Å²) in [5, 5.41) is 7.06. The zero-order valence-electron chi connectivity index (χ0n) is 11.8. The van der Waals surface area contributed by atoms with E-state index in [-0.39, 0.29) is 18.0 Å². The molecule has 4 heteroatoms. The first-order chi connectivity index (χ1) is 10.1. The van der Waals surface area contributed by atoms with Crippen LogP contribution in [0.1, 0.15) is 24.1 Å². The first-order valence-corrected chi connectivity index (χ1v) is 7.42. The molecule has 3 rings (SSSR count). The SMILES string of the molecule is CC(Cc1ccccc1Cl)NC1C(=O)Nc2ccccc21. The smallest absolute Gasteiger partial charge is 0.246 e. The Labute approximate surface area is 129 Å². The molecular formula is C17H17ClN2O. The summed E-state index contributed by atoms with van der Waals surface area (Å²) in [5.41, 5.74) is 2.99. The monoisotopic (exact) mass is 300 g/mol. The predicted molar refractivity (Wildman–Crippen MR) is 85.6 cm³/mol. The Morgan fingerprint density at radius 1 is 1.19 bits per heavy atom. The van der Waals surface area contributed by atoms with Crippen LogP contribution in [0.4, 0.5) is 5.69 Å². The summed E-state index contributed by atoms with van der Waals surface area (Å²) in [7, 11) is 0. The van der Waals surface area contributed by atoms with Crippen LogP contribution in [0, 0.1) is 0 Å². The van der Waals surface area contributed by atoms with Gasteiger partial charge in [0.25, 0.3) is 0 Å². The number of fused-ring (bicyclic) bond motifs is 1. The van der Waals surface area contributed by atoms with Crippen LogP contribution in [0.5, 0.6) is 0 Å². The van der Waals surface area contributed by atoms with Gasteiger partial charge in [-0.3, -0.25) is 10.1 Å². The van der Waals surface area contributed by atoms with Crippen LogP contribution in [0.15, 0.2) is 48.5 Å². The largest absolute Gasteiger partial charge is 0.324 e. The highest BCUT2D eigenvalue weighted by Crippen LogP contribution is 2.30. The zero-order valence-corrected chi connectivity index (χ0v) is 12.5. The van der Waals surface area contributed by atoms with Crippen molar-refractivity contribution in [3.63, 3.8) is 0 Å². The molecule has 0 aromatic heterocycles. The van der Waals surface area contributed by atoms with Gasteiger partial charge in [0.1, 0.15) is 6.04 Å². The van der Waals surface area contributed by atoms with Crippen LogP contribution in [0.25, 0.3) is 0 Å². The highest BCUT2D eigenvalue weighted by atomic mass is 35.5. The van der Waals surface area contributed by atoms with Crippen molar-refractivity contribution < 1.29 is 4.79 Å². The summed E-state index contributed by atoms with van der Waals surface area (Å²) < 4.78 is 0. The van der Waals surface area contributed by atoms with E-state index < -0.39 is 0 Å². The summed E-state index contributed by atoms with van der Waals surface area (Å²) in [6.45, 7) is 2.07. The number of amides is 1. The lowest BCUT2D eigenvalue weighted by Gasteiger charge is -2.19. The number of carbonyl (C=O) groups excluding carboxylic acids is 1. The van der Waals surface area contributed by atoms with Crippen molar-refractivity contribution in [1.29, 1.82) is 0 Å². The Kier molecular flexibility index (Phi) is 3.95. The van der Waals surface area contributed by atoms with Crippen LogP contribution >= 0.6 is 11.6 Å². The van der Waals surface area contributed by atoms with Crippen molar-refractivity contribution in [1.82, 2.24) is 5.32 Å². The molecular weight excluding hydrogens is 284 g/mol. The van der Waals surface area contributed by atoms with Gasteiger partial charge in [-0.1, -0.05) is 48.0 Å². The van der Waals surface area contributed by atoms with Crippen LogP contribution in [0.3, 0.4) is 0 Å². The second-order valence-electron chi connectivity index (χ2n) is 5.37. The lowest BCUT2D eigenvalue weighted by molar-refractivity contribution is -0.117. The van der Waals surface area contributed by atoms with Crippen molar-refractivity contribution in [3.8, 4) is 0 Å². The lowest BCUT2D eigenvalue weighted by atomic mass is 10.0. The number of hydrogen-bond acceptors (Lipinski definition) is 2. The normalized spacial score (nSPS) is 18.2. The fourth-order valence-electron chi connectivity index (χ4n) is 2.71. The molecule has 0 saturated carbocycles. The van der Waals surface area contributed by atoms with Gasteiger partial charge >= 0.3 is 0 Å². The van der Waals surface area contributed by atoms with Gasteiger partial charge in [0.15, 0.2) is 0 Å². The van der Waals surface area contributed by atoms with Crippen LogP contribution < -0.4 is 10.6 Å². The maximum Gasteiger partial charge on any atom is 0.246 e. The molecule has 2 atom stereocenters. The fourth-order valence-corrected chi connectivity index (χ4v) is 2.92. The molecule has 3 nitrogen and oxygen atoms in total. The molecule has 1 amide bonds. The number of nitrogens with one attached hydrogen (secondary N) is 2. The molecule has 1 aliphatic rings. The van der Waals surface area contributed by atoms with Gasteiger partial charge in [0.05, 0.1) is 0 Å². The number of anilines is 1. The van der Waals surface area contributed by atoms with Gasteiger partial charge in [-0.15, -0.1) is 0 Å². The summed E-state index contributed by atoms with van der Waals surface area (Å²) in [6, 6.07) is 15.4. The second kappa shape index (κ2) is 5.88. The number of carbonyl (C=O) groups is 1. The molecule has 1 aliphatic heterocycles. The molecule has 21 heavy (non-hydrogen) atoms. The minimum Gasteiger partial charge on any atom is -0.324 e. The fraction of sp³-hybridized carbons (Fsp3) is 0.235. The highest BCUT2D eigenvalue weighted by Gasteiger charge is 2.30. The van der Waals surface area contributed by atoms with E-state index >= 15 is 0 Å². The third kappa shape index (κ3) is 2.94. The van der Waals surface area contributed by atoms with E-state index in [0.717, 1.165) is 28.3 Å². The Balaban J connectivity index is 1.72. The average Bonchev–Trinajstić information content (AvgIpc) is 2.78. The second-order valence-corrected chi connectivity index (χ2v) is 5.78. The van der Waals surface area contributed by atoms with E-state index in [1.807, 2.05) is 48.5 Å². The Bertz CT molecular complexity index is 671. The van der Waals surface area contributed by atoms with Crippen molar-refractivity contribution in [2.45, 2.75) is 25.4 Å². The van der Waals surface area contributed by atoms with Crippen LogP contribution in [-0.2, 0) is 11.2 Å². The molecule has 2 N–H and O–H groups in total. The van der Waals surface area contributed by atoms with E-state index in [1.54, 1.807) is 0 Å². The van der Waals surface area contributed by atoms with Gasteiger partial charge in [-0.2, -0.15) is 0 Å². The van der Waals surface area contributed by atoms with E-state index in [2.05, 4.69) is 17.6 Å². The number of halogens is 1. The standard InChI is InChI=1S/C17H17ClN2O/c1-11(10-12-6-2-4-8-14(12)18)19-16-13-7-3-5-9-15(13)20-17(16)21/h2-9,11,16,19H,10H2,1H3,(H,20,21). The molecule has 2 aromatic rings. The molecule has 0 saturated heterocycles. The van der Waals surface area contributed by atoms with E-state index in [1.165, 1.54) is 0 Å². The molecule has 0 spiro atoms. The minimum absolute atomic E-state index is 0.00205. The topological polar surface area (TPSA) is 41.1 Å². The number of benzene rings is 2. The summed E-state index contributed by atoms with van der Waals surface area (Å²) in [6.07, 6.45) is 0.783. The predicted octanol–water partition coefficient (Wildman–Crippen LogP) is 3.55. The molecule has 0 fully saturated rings. The van der Waals surface area contributed by atoms with E-state index in [0.29, 0.717) is 0 Å². The Morgan fingerprint density at radius 2 is 1.90 bits per heavy atom. The van der Waals surface area contributed by atoms with E-state index in [4.69, 9.17) is 11.6 Å². The van der Waals surface area contributed by atoms with E-state index in [9.17, 15) is 4.79 Å². The molecule has 0 bridgehead atoms. The van der Waals surface area contributed by atoms with Crippen molar-refractivity contribution in [2.24, 2.45) is 0 Å². The van der Waals surface area contributed by atoms with Crippen molar-refractivity contribution >= 4 is 23.2 Å². The molecule has 2 unspecified atom stereocenters. The van der Waals surface area contributed by atoms with Gasteiger partial charge in [-0.25, -0.2) is 0 Å². The third-order valence-corrected chi connectivity index (χ3v) is 4.10. The molecule has 108 valence electrons. The molecule has 2 aromatic carbocycles. The molecule has 1 heterocycles. The van der Waals surface area contributed by atoms with Gasteiger partial charge in [-0.05, 0) is 31.0 Å². The summed E-state index contributed by atoms with van der Waals surface area (Å²) in [5.74, 6) is 0.00205. The molecule has 0 radical (unpaired) electrons. The third-order valence-electron chi connectivity index (χ3n) is 3.73. The van der Waals surface area contributed by atoms with Crippen molar-refractivity contribution in [2.75, 3.05) is 5.32 Å². The first kappa shape index (κ1) is 14.1. The maximum atomic E-state index is 12.1. The number of para-hydroxylation sites is 1. The first-order valence-electron chi connectivity index (χ1n) is 7.04. The summed E-state index contributed by atoms with van der Waals surface area (Å²) in [4.78, 5) is 12.1. The van der Waals surface area contributed by atoms with Crippen LogP contribution in [-0.4, -0.2) is 11.9 Å². The van der Waals surface area contributed by atoms with Crippen molar-refractivity contribution in [3.05, 3.63) is 64.7 Å². The zero-order chi connectivity index (χ0) is 14.8. The summed E-state index contributed by atoms with van der Waals surface area (Å²) >= 11 is 6.19. The number of rotatable bonds is 4.